The predicted octanol–water partition coefficient (Wildman–Crippen LogP) is 4.20. The van der Waals surface area contributed by atoms with Crippen LogP contribution in [-0.2, 0) is 6.18 Å². The number of hydrogen-bond donors (Lipinski definition) is 1. The standard InChI is InChI=1S/C15H13F4N/c1-9-8-11(15(17,18)19)4-7-13(9)14(20)10-2-5-12(16)6-3-10/h2-8,14H,20H2,1H3. The van der Waals surface area contributed by atoms with Gasteiger partial charge in [-0.15, -0.1) is 0 Å². The van der Waals surface area contributed by atoms with E-state index in [1.54, 1.807) is 6.92 Å². The molecule has 0 saturated carbocycles. The number of benzene rings is 2. The molecule has 1 unspecified atom stereocenters. The first-order chi connectivity index (χ1) is 9.29. The van der Waals surface area contributed by atoms with Crippen molar-refractivity contribution in [1.82, 2.24) is 0 Å². The lowest BCUT2D eigenvalue weighted by Crippen LogP contribution is -2.14. The summed E-state index contributed by atoms with van der Waals surface area (Å²) in [7, 11) is 0. The Morgan fingerprint density at radius 2 is 1.60 bits per heavy atom. The fourth-order valence-electron chi connectivity index (χ4n) is 2.05. The van der Waals surface area contributed by atoms with E-state index >= 15 is 0 Å². The molecule has 0 saturated heterocycles. The summed E-state index contributed by atoms with van der Waals surface area (Å²) in [5, 5.41) is 0. The quantitative estimate of drug-likeness (QED) is 0.821. The zero-order chi connectivity index (χ0) is 14.9. The summed E-state index contributed by atoms with van der Waals surface area (Å²) < 4.78 is 50.6. The Morgan fingerprint density at radius 3 is 2.10 bits per heavy atom. The molecule has 106 valence electrons. The molecule has 2 rings (SSSR count). The Bertz CT molecular complexity index is 602. The minimum absolute atomic E-state index is 0.384. The molecular weight excluding hydrogens is 270 g/mol. The Hall–Kier alpha value is -1.88. The normalized spacial score (nSPS) is 13.3. The molecule has 0 radical (unpaired) electrons. The van der Waals surface area contributed by atoms with E-state index in [1.165, 1.54) is 30.3 Å². The maximum atomic E-state index is 12.9. The summed E-state index contributed by atoms with van der Waals surface area (Å²) >= 11 is 0. The van der Waals surface area contributed by atoms with E-state index in [0.717, 1.165) is 12.1 Å². The Kier molecular flexibility index (Phi) is 3.81. The van der Waals surface area contributed by atoms with Gasteiger partial charge < -0.3 is 5.73 Å². The van der Waals surface area contributed by atoms with Crippen molar-refractivity contribution in [3.05, 3.63) is 70.5 Å². The van der Waals surface area contributed by atoms with Crippen molar-refractivity contribution in [3.8, 4) is 0 Å². The van der Waals surface area contributed by atoms with Crippen molar-refractivity contribution < 1.29 is 17.6 Å². The van der Waals surface area contributed by atoms with Crippen LogP contribution >= 0.6 is 0 Å². The van der Waals surface area contributed by atoms with E-state index in [0.29, 0.717) is 16.7 Å². The monoisotopic (exact) mass is 283 g/mol. The predicted molar refractivity (Wildman–Crippen MR) is 68.6 cm³/mol. The Morgan fingerprint density at radius 1 is 1.00 bits per heavy atom. The minimum atomic E-state index is -4.37. The van der Waals surface area contributed by atoms with E-state index in [9.17, 15) is 17.6 Å². The molecule has 0 aromatic heterocycles. The van der Waals surface area contributed by atoms with E-state index < -0.39 is 17.8 Å². The van der Waals surface area contributed by atoms with E-state index in [4.69, 9.17) is 5.73 Å². The number of hydrogen-bond acceptors (Lipinski definition) is 1. The highest BCUT2D eigenvalue weighted by Crippen LogP contribution is 2.32. The van der Waals surface area contributed by atoms with Gasteiger partial charge in [-0.3, -0.25) is 0 Å². The van der Waals surface area contributed by atoms with Gasteiger partial charge in [0.15, 0.2) is 0 Å². The van der Waals surface area contributed by atoms with E-state index in [1.807, 2.05) is 0 Å². The maximum Gasteiger partial charge on any atom is 0.416 e. The molecule has 2 aromatic rings. The van der Waals surface area contributed by atoms with Gasteiger partial charge in [-0.1, -0.05) is 18.2 Å². The van der Waals surface area contributed by atoms with Crippen LogP contribution in [-0.4, -0.2) is 0 Å². The third-order valence-corrected chi connectivity index (χ3v) is 3.16. The number of halogens is 4. The van der Waals surface area contributed by atoms with Crippen LogP contribution in [0.25, 0.3) is 0 Å². The van der Waals surface area contributed by atoms with Crippen LogP contribution in [0.4, 0.5) is 17.6 Å². The van der Waals surface area contributed by atoms with Crippen molar-refractivity contribution in [3.63, 3.8) is 0 Å². The summed E-state index contributed by atoms with van der Waals surface area (Å²) in [6, 6.07) is 8.45. The van der Waals surface area contributed by atoms with Crippen LogP contribution in [0.3, 0.4) is 0 Å². The second-order valence-corrected chi connectivity index (χ2v) is 4.60. The highest BCUT2D eigenvalue weighted by molar-refractivity contribution is 5.39. The van der Waals surface area contributed by atoms with Crippen molar-refractivity contribution >= 4 is 0 Å². The zero-order valence-electron chi connectivity index (χ0n) is 10.7. The molecule has 1 atom stereocenters. The van der Waals surface area contributed by atoms with Crippen LogP contribution in [0.2, 0.25) is 0 Å². The Balaban J connectivity index is 2.36. The van der Waals surface area contributed by atoms with Gasteiger partial charge in [0.1, 0.15) is 5.82 Å². The Labute approximate surface area is 114 Å². The van der Waals surface area contributed by atoms with Crippen LogP contribution in [0, 0.1) is 12.7 Å². The molecule has 2 N–H and O–H groups in total. The second kappa shape index (κ2) is 5.25. The van der Waals surface area contributed by atoms with Crippen LogP contribution in [0.5, 0.6) is 0 Å². The first-order valence-electron chi connectivity index (χ1n) is 5.98. The molecule has 0 heterocycles. The molecule has 0 fully saturated rings. The molecule has 2 aromatic carbocycles. The first kappa shape index (κ1) is 14.5. The first-order valence-corrected chi connectivity index (χ1v) is 5.98. The molecule has 5 heteroatoms. The summed E-state index contributed by atoms with van der Waals surface area (Å²) in [6.45, 7) is 1.58. The summed E-state index contributed by atoms with van der Waals surface area (Å²) in [5.74, 6) is -0.384. The molecular formula is C15H13F4N. The van der Waals surface area contributed by atoms with Crippen LogP contribution < -0.4 is 5.73 Å². The second-order valence-electron chi connectivity index (χ2n) is 4.60. The number of nitrogens with two attached hydrogens (primary N) is 1. The molecule has 20 heavy (non-hydrogen) atoms. The highest BCUT2D eigenvalue weighted by Gasteiger charge is 2.30. The lowest BCUT2D eigenvalue weighted by molar-refractivity contribution is -0.137. The number of aryl methyl sites for hydroxylation is 1. The van der Waals surface area contributed by atoms with Crippen molar-refractivity contribution in [1.29, 1.82) is 0 Å². The lowest BCUT2D eigenvalue weighted by atomic mass is 9.94. The molecule has 0 bridgehead atoms. The maximum absolute atomic E-state index is 12.9. The smallest absolute Gasteiger partial charge is 0.320 e. The van der Waals surface area contributed by atoms with Gasteiger partial charge >= 0.3 is 6.18 Å². The van der Waals surface area contributed by atoms with E-state index in [-0.39, 0.29) is 5.82 Å². The largest absolute Gasteiger partial charge is 0.416 e. The summed E-state index contributed by atoms with van der Waals surface area (Å²) in [4.78, 5) is 0. The molecule has 0 amide bonds. The van der Waals surface area contributed by atoms with Crippen molar-refractivity contribution in [2.75, 3.05) is 0 Å². The average molecular weight is 283 g/mol. The molecule has 0 aliphatic heterocycles. The zero-order valence-corrected chi connectivity index (χ0v) is 10.7. The topological polar surface area (TPSA) is 26.0 Å². The molecule has 0 aliphatic rings. The van der Waals surface area contributed by atoms with Gasteiger partial charge in [-0.05, 0) is 47.9 Å². The van der Waals surface area contributed by atoms with E-state index in [2.05, 4.69) is 0 Å². The fourth-order valence-corrected chi connectivity index (χ4v) is 2.05. The molecule has 1 nitrogen and oxygen atoms in total. The number of alkyl halides is 3. The van der Waals surface area contributed by atoms with Gasteiger partial charge in [0.05, 0.1) is 11.6 Å². The fraction of sp³-hybridized carbons (Fsp3) is 0.200. The van der Waals surface area contributed by atoms with Gasteiger partial charge in [-0.25, -0.2) is 4.39 Å². The van der Waals surface area contributed by atoms with Crippen LogP contribution in [0.15, 0.2) is 42.5 Å². The molecule has 0 aliphatic carbocycles. The number of rotatable bonds is 2. The SMILES string of the molecule is Cc1cc(C(F)(F)F)ccc1C(N)c1ccc(F)cc1. The average Bonchev–Trinajstić information content (AvgIpc) is 2.37. The third kappa shape index (κ3) is 2.99. The third-order valence-electron chi connectivity index (χ3n) is 3.16. The van der Waals surface area contributed by atoms with Crippen LogP contribution in [0.1, 0.15) is 28.3 Å². The van der Waals surface area contributed by atoms with Gasteiger partial charge in [0.2, 0.25) is 0 Å². The summed E-state index contributed by atoms with van der Waals surface area (Å²) in [6.07, 6.45) is -4.37. The van der Waals surface area contributed by atoms with Gasteiger partial charge in [0.25, 0.3) is 0 Å². The van der Waals surface area contributed by atoms with Gasteiger partial charge in [0, 0.05) is 0 Å². The minimum Gasteiger partial charge on any atom is -0.320 e. The lowest BCUT2D eigenvalue weighted by Gasteiger charge is -2.17. The van der Waals surface area contributed by atoms with Gasteiger partial charge in [-0.2, -0.15) is 13.2 Å². The van der Waals surface area contributed by atoms with Crippen molar-refractivity contribution in [2.45, 2.75) is 19.1 Å². The molecule has 0 spiro atoms. The van der Waals surface area contributed by atoms with Crippen molar-refractivity contribution in [2.24, 2.45) is 5.73 Å². The summed E-state index contributed by atoms with van der Waals surface area (Å²) in [5.41, 5.74) is 7.01. The highest BCUT2D eigenvalue weighted by atomic mass is 19.4.